The number of rotatable bonds is 12. The van der Waals surface area contributed by atoms with Gasteiger partial charge in [-0.05, 0) is 79.8 Å². The number of amides is 2. The lowest BCUT2D eigenvalue weighted by molar-refractivity contribution is -0.140. The number of hydrogen-bond acceptors (Lipinski definition) is 4. The van der Waals surface area contributed by atoms with E-state index in [2.05, 4.69) is 21.2 Å². The standard InChI is InChI=1S/C37H39BrClN3O4S/c1-26-12-20-33(21-13-26)47(45,46)42(34-23-31(39)19-14-27(34)2)25-36(43)41(24-29-15-17-30(38)18-16-29)35(22-28-8-4-3-5-9-28)37(44)40-32-10-6-7-11-32/h3-5,8-9,12-21,23,32,35H,6-7,10-11,22,24-25H2,1-2H3,(H,40,44). The maximum atomic E-state index is 14.7. The van der Waals surface area contributed by atoms with E-state index < -0.39 is 28.5 Å². The van der Waals surface area contributed by atoms with Gasteiger partial charge in [0, 0.05) is 28.5 Å². The summed E-state index contributed by atoms with van der Waals surface area (Å²) in [5, 5.41) is 3.54. The second kappa shape index (κ2) is 15.5. The summed E-state index contributed by atoms with van der Waals surface area (Å²) in [7, 11) is -4.22. The molecule has 10 heteroatoms. The Bertz CT molecular complexity index is 1800. The number of halogens is 2. The lowest BCUT2D eigenvalue weighted by atomic mass is 10.0. The zero-order chi connectivity index (χ0) is 33.6. The molecular weight excluding hydrogens is 698 g/mol. The monoisotopic (exact) mass is 735 g/mol. The van der Waals surface area contributed by atoms with Crippen molar-refractivity contribution in [3.8, 4) is 0 Å². The van der Waals surface area contributed by atoms with Gasteiger partial charge in [0.1, 0.15) is 12.6 Å². The van der Waals surface area contributed by atoms with Crippen molar-refractivity contribution in [1.29, 1.82) is 0 Å². The van der Waals surface area contributed by atoms with Gasteiger partial charge in [-0.15, -0.1) is 0 Å². The lowest BCUT2D eigenvalue weighted by Gasteiger charge is -2.34. The third-order valence-corrected chi connectivity index (χ3v) is 11.1. The SMILES string of the molecule is Cc1ccc(S(=O)(=O)N(CC(=O)N(Cc2ccc(Br)cc2)C(Cc2ccccc2)C(=O)NC2CCCC2)c2cc(Cl)ccc2C)cc1. The van der Waals surface area contributed by atoms with Crippen molar-refractivity contribution >= 4 is 55.1 Å². The quantitative estimate of drug-likeness (QED) is 0.162. The maximum Gasteiger partial charge on any atom is 0.264 e. The van der Waals surface area contributed by atoms with E-state index in [-0.39, 0.29) is 29.8 Å². The first kappa shape index (κ1) is 34.7. The molecule has 0 radical (unpaired) electrons. The molecule has 5 rings (SSSR count). The van der Waals surface area contributed by atoms with E-state index in [9.17, 15) is 18.0 Å². The summed E-state index contributed by atoms with van der Waals surface area (Å²) in [5.41, 5.74) is 3.54. The minimum atomic E-state index is -4.22. The van der Waals surface area contributed by atoms with E-state index in [1.807, 2.05) is 61.5 Å². The molecule has 0 aromatic heterocycles. The van der Waals surface area contributed by atoms with Crippen molar-refractivity contribution in [3.63, 3.8) is 0 Å². The number of carbonyl (C=O) groups is 2. The fourth-order valence-electron chi connectivity index (χ4n) is 5.91. The van der Waals surface area contributed by atoms with E-state index in [1.165, 1.54) is 17.0 Å². The average Bonchev–Trinajstić information content (AvgIpc) is 3.57. The highest BCUT2D eigenvalue weighted by Crippen LogP contribution is 2.30. The zero-order valence-corrected chi connectivity index (χ0v) is 29.7. The molecule has 0 heterocycles. The number of anilines is 1. The molecule has 47 heavy (non-hydrogen) atoms. The molecule has 246 valence electrons. The summed E-state index contributed by atoms with van der Waals surface area (Å²) < 4.78 is 30.6. The zero-order valence-electron chi connectivity index (χ0n) is 26.5. The molecule has 4 aromatic carbocycles. The first-order valence-corrected chi connectivity index (χ1v) is 18.4. The molecule has 1 aliphatic carbocycles. The predicted molar refractivity (Wildman–Crippen MR) is 191 cm³/mol. The van der Waals surface area contributed by atoms with E-state index in [0.717, 1.165) is 51.2 Å². The van der Waals surface area contributed by atoms with Crippen molar-refractivity contribution < 1.29 is 18.0 Å². The van der Waals surface area contributed by atoms with Crippen LogP contribution < -0.4 is 9.62 Å². The Kier molecular flexibility index (Phi) is 11.4. The van der Waals surface area contributed by atoms with Crippen molar-refractivity contribution in [2.75, 3.05) is 10.8 Å². The number of hydrogen-bond donors (Lipinski definition) is 1. The number of benzene rings is 4. The third kappa shape index (κ3) is 8.83. The molecule has 1 saturated carbocycles. The largest absolute Gasteiger partial charge is 0.352 e. The smallest absolute Gasteiger partial charge is 0.264 e. The van der Waals surface area contributed by atoms with Crippen molar-refractivity contribution in [2.24, 2.45) is 0 Å². The Morgan fingerprint density at radius 1 is 0.894 bits per heavy atom. The predicted octanol–water partition coefficient (Wildman–Crippen LogP) is 7.61. The Labute approximate surface area is 291 Å². The molecule has 0 spiro atoms. The van der Waals surface area contributed by atoms with Crippen LogP contribution in [0.1, 0.15) is 47.9 Å². The fourth-order valence-corrected chi connectivity index (χ4v) is 7.81. The van der Waals surface area contributed by atoms with Gasteiger partial charge >= 0.3 is 0 Å². The van der Waals surface area contributed by atoms with Crippen LogP contribution in [0.3, 0.4) is 0 Å². The molecule has 0 saturated heterocycles. The van der Waals surface area contributed by atoms with Crippen molar-refractivity contribution in [2.45, 2.75) is 69.5 Å². The second-order valence-corrected chi connectivity index (χ2v) is 15.3. The first-order valence-electron chi connectivity index (χ1n) is 15.7. The third-order valence-electron chi connectivity index (χ3n) is 8.57. The number of nitrogens with zero attached hydrogens (tertiary/aromatic N) is 2. The average molecular weight is 737 g/mol. The summed E-state index contributed by atoms with van der Waals surface area (Å²) >= 11 is 9.86. The molecule has 1 aliphatic rings. The number of nitrogens with one attached hydrogen (secondary N) is 1. The van der Waals surface area contributed by atoms with Crippen LogP contribution >= 0.6 is 27.5 Å². The van der Waals surface area contributed by atoms with Gasteiger partial charge in [0.2, 0.25) is 11.8 Å². The van der Waals surface area contributed by atoms with Crippen LogP contribution in [-0.4, -0.2) is 43.8 Å². The molecule has 1 fully saturated rings. The van der Waals surface area contributed by atoms with Gasteiger partial charge in [0.05, 0.1) is 10.6 Å². The molecule has 0 bridgehead atoms. The molecule has 1 atom stereocenters. The number of carbonyl (C=O) groups excluding carboxylic acids is 2. The lowest BCUT2D eigenvalue weighted by Crippen LogP contribution is -2.54. The van der Waals surface area contributed by atoms with Crippen LogP contribution in [0.15, 0.2) is 106 Å². The van der Waals surface area contributed by atoms with E-state index in [1.54, 1.807) is 37.3 Å². The van der Waals surface area contributed by atoms with Crippen LogP contribution in [0.2, 0.25) is 5.02 Å². The van der Waals surface area contributed by atoms with Gasteiger partial charge < -0.3 is 10.2 Å². The van der Waals surface area contributed by atoms with Gasteiger partial charge in [-0.2, -0.15) is 0 Å². The van der Waals surface area contributed by atoms with Gasteiger partial charge in [-0.1, -0.05) is 107 Å². The molecular formula is C37H39BrClN3O4S. The highest BCUT2D eigenvalue weighted by Gasteiger charge is 2.36. The summed E-state index contributed by atoms with van der Waals surface area (Å²) in [4.78, 5) is 30.4. The van der Waals surface area contributed by atoms with Crippen LogP contribution in [0.4, 0.5) is 5.69 Å². The summed E-state index contributed by atoms with van der Waals surface area (Å²) in [6.45, 7) is 3.23. The first-order chi connectivity index (χ1) is 22.5. The van der Waals surface area contributed by atoms with Crippen LogP contribution in [-0.2, 0) is 32.6 Å². The van der Waals surface area contributed by atoms with E-state index >= 15 is 0 Å². The molecule has 7 nitrogen and oxygen atoms in total. The van der Waals surface area contributed by atoms with Crippen molar-refractivity contribution in [3.05, 3.63) is 129 Å². The Morgan fingerprint density at radius 3 is 2.21 bits per heavy atom. The molecule has 0 aliphatic heterocycles. The van der Waals surface area contributed by atoms with Crippen LogP contribution in [0.5, 0.6) is 0 Å². The van der Waals surface area contributed by atoms with Gasteiger partial charge in [-0.3, -0.25) is 13.9 Å². The topological polar surface area (TPSA) is 86.8 Å². The maximum absolute atomic E-state index is 14.7. The van der Waals surface area contributed by atoms with E-state index in [0.29, 0.717) is 16.3 Å². The molecule has 4 aromatic rings. The van der Waals surface area contributed by atoms with Gasteiger partial charge in [0.15, 0.2) is 0 Å². The van der Waals surface area contributed by atoms with Crippen LogP contribution in [0, 0.1) is 13.8 Å². The minimum Gasteiger partial charge on any atom is -0.352 e. The second-order valence-electron chi connectivity index (χ2n) is 12.1. The highest BCUT2D eigenvalue weighted by atomic mass is 79.9. The summed E-state index contributed by atoms with van der Waals surface area (Å²) in [5.74, 6) is -0.761. The van der Waals surface area contributed by atoms with Gasteiger partial charge in [0.25, 0.3) is 10.0 Å². The Morgan fingerprint density at radius 2 is 1.55 bits per heavy atom. The number of sulfonamides is 1. The highest BCUT2D eigenvalue weighted by molar-refractivity contribution is 9.10. The Balaban J connectivity index is 1.58. The minimum absolute atomic E-state index is 0.0397. The molecule has 2 amide bonds. The molecule has 1 N–H and O–H groups in total. The molecule has 1 unspecified atom stereocenters. The van der Waals surface area contributed by atoms with Gasteiger partial charge in [-0.25, -0.2) is 8.42 Å². The summed E-state index contributed by atoms with van der Waals surface area (Å²) in [6, 6.07) is 27.8. The van der Waals surface area contributed by atoms with Crippen molar-refractivity contribution in [1.82, 2.24) is 10.2 Å². The van der Waals surface area contributed by atoms with Crippen LogP contribution in [0.25, 0.3) is 0 Å². The van der Waals surface area contributed by atoms with E-state index in [4.69, 9.17) is 11.6 Å². The number of aryl methyl sites for hydroxylation is 2. The fraction of sp³-hybridized carbons (Fsp3) is 0.297. The summed E-state index contributed by atoms with van der Waals surface area (Å²) in [6.07, 6.45) is 4.13. The Hall–Kier alpha value is -3.66. The normalized spacial score (nSPS) is 14.0.